The van der Waals surface area contributed by atoms with Gasteiger partial charge >= 0.3 is 0 Å². The summed E-state index contributed by atoms with van der Waals surface area (Å²) in [6.07, 6.45) is 3.06. The zero-order valence-electron chi connectivity index (χ0n) is 7.58. The Morgan fingerprint density at radius 3 is 1.90 bits per heavy atom. The molecule has 0 nitrogen and oxygen atoms in total. The van der Waals surface area contributed by atoms with Crippen molar-refractivity contribution in [3.63, 3.8) is 0 Å². The molecule has 0 unspecified atom stereocenters. The summed E-state index contributed by atoms with van der Waals surface area (Å²) in [5, 5.41) is 0. The van der Waals surface area contributed by atoms with Gasteiger partial charge in [0.1, 0.15) is 5.67 Å². The summed E-state index contributed by atoms with van der Waals surface area (Å²) >= 11 is 0. The van der Waals surface area contributed by atoms with Crippen molar-refractivity contribution in [2.45, 2.75) is 52.6 Å². The van der Waals surface area contributed by atoms with Gasteiger partial charge in [-0.05, 0) is 26.2 Å². The van der Waals surface area contributed by atoms with Gasteiger partial charge in [-0.25, -0.2) is 4.39 Å². The molecule has 0 bridgehead atoms. The first-order chi connectivity index (χ1) is 4.52. The van der Waals surface area contributed by atoms with Gasteiger partial charge in [0, 0.05) is 0 Å². The van der Waals surface area contributed by atoms with Crippen molar-refractivity contribution in [1.82, 2.24) is 0 Å². The standard InChI is InChI=1S/C9H19F/c1-5-7-8(6-2)9(3,4)10/h8H,5-7H2,1-4H3/t8-/m0/s1. The Balaban J connectivity index is 3.81. The minimum Gasteiger partial charge on any atom is -0.244 e. The van der Waals surface area contributed by atoms with Crippen LogP contribution < -0.4 is 0 Å². The highest BCUT2D eigenvalue weighted by atomic mass is 19.1. The molecule has 0 amide bonds. The molecule has 0 aromatic rings. The van der Waals surface area contributed by atoms with Crippen LogP contribution in [0.4, 0.5) is 4.39 Å². The molecule has 10 heavy (non-hydrogen) atoms. The molecule has 0 fully saturated rings. The van der Waals surface area contributed by atoms with E-state index < -0.39 is 5.67 Å². The van der Waals surface area contributed by atoms with Gasteiger partial charge in [0.05, 0.1) is 0 Å². The third-order valence-electron chi connectivity index (χ3n) is 2.10. The van der Waals surface area contributed by atoms with Gasteiger partial charge in [-0.3, -0.25) is 0 Å². The Hall–Kier alpha value is -0.0700. The van der Waals surface area contributed by atoms with Crippen LogP contribution in [0.5, 0.6) is 0 Å². The molecule has 62 valence electrons. The van der Waals surface area contributed by atoms with E-state index in [4.69, 9.17) is 0 Å². The quantitative estimate of drug-likeness (QED) is 0.569. The van der Waals surface area contributed by atoms with Gasteiger partial charge in [0.15, 0.2) is 0 Å². The van der Waals surface area contributed by atoms with E-state index in [1.54, 1.807) is 13.8 Å². The van der Waals surface area contributed by atoms with Crippen LogP contribution in [0.25, 0.3) is 0 Å². The smallest absolute Gasteiger partial charge is 0.108 e. The van der Waals surface area contributed by atoms with Crippen molar-refractivity contribution in [3.8, 4) is 0 Å². The summed E-state index contributed by atoms with van der Waals surface area (Å²) in [7, 11) is 0. The SMILES string of the molecule is CCC[C@H](CC)C(C)(C)F. The van der Waals surface area contributed by atoms with Crippen LogP contribution in [0.15, 0.2) is 0 Å². The summed E-state index contributed by atoms with van der Waals surface area (Å²) in [6, 6.07) is 0. The summed E-state index contributed by atoms with van der Waals surface area (Å²) < 4.78 is 13.2. The molecule has 0 aromatic carbocycles. The molecule has 0 rings (SSSR count). The molecule has 1 heteroatoms. The second-order valence-corrected chi connectivity index (χ2v) is 3.46. The lowest BCUT2D eigenvalue weighted by molar-refractivity contribution is 0.113. The number of halogens is 1. The predicted octanol–water partition coefficient (Wildman–Crippen LogP) is 3.56. The average Bonchev–Trinajstić information content (AvgIpc) is 1.80. The topological polar surface area (TPSA) is 0 Å². The van der Waals surface area contributed by atoms with E-state index in [-0.39, 0.29) is 5.92 Å². The van der Waals surface area contributed by atoms with Crippen molar-refractivity contribution in [2.75, 3.05) is 0 Å². The lowest BCUT2D eigenvalue weighted by atomic mass is 9.87. The third kappa shape index (κ3) is 3.19. The lowest BCUT2D eigenvalue weighted by Crippen LogP contribution is -2.24. The van der Waals surface area contributed by atoms with Gasteiger partial charge in [-0.1, -0.05) is 26.7 Å². The Kier molecular flexibility index (Phi) is 3.92. The molecule has 0 aliphatic rings. The fourth-order valence-corrected chi connectivity index (χ4v) is 1.38. The number of hydrogen-bond donors (Lipinski definition) is 0. The summed E-state index contributed by atoms with van der Waals surface area (Å²) in [4.78, 5) is 0. The fourth-order valence-electron chi connectivity index (χ4n) is 1.38. The van der Waals surface area contributed by atoms with Crippen LogP contribution in [0.2, 0.25) is 0 Å². The van der Waals surface area contributed by atoms with Gasteiger partial charge < -0.3 is 0 Å². The Morgan fingerprint density at radius 1 is 1.30 bits per heavy atom. The number of hydrogen-bond acceptors (Lipinski definition) is 0. The first-order valence-electron chi connectivity index (χ1n) is 4.21. The largest absolute Gasteiger partial charge is 0.244 e. The van der Waals surface area contributed by atoms with Crippen molar-refractivity contribution >= 4 is 0 Å². The minimum atomic E-state index is -0.981. The second kappa shape index (κ2) is 3.95. The Labute approximate surface area is 63.8 Å². The van der Waals surface area contributed by atoms with Crippen molar-refractivity contribution in [2.24, 2.45) is 5.92 Å². The molecule has 0 aliphatic heterocycles. The van der Waals surface area contributed by atoms with E-state index in [1.807, 2.05) is 0 Å². The van der Waals surface area contributed by atoms with Crippen LogP contribution in [-0.2, 0) is 0 Å². The first-order valence-corrected chi connectivity index (χ1v) is 4.21. The van der Waals surface area contributed by atoms with Crippen molar-refractivity contribution in [1.29, 1.82) is 0 Å². The van der Waals surface area contributed by atoms with E-state index in [0.717, 1.165) is 19.3 Å². The van der Waals surface area contributed by atoms with E-state index >= 15 is 0 Å². The highest BCUT2D eigenvalue weighted by Gasteiger charge is 2.25. The fraction of sp³-hybridized carbons (Fsp3) is 1.00. The van der Waals surface area contributed by atoms with Gasteiger partial charge in [-0.15, -0.1) is 0 Å². The summed E-state index contributed by atoms with van der Waals surface area (Å²) in [6.45, 7) is 7.52. The summed E-state index contributed by atoms with van der Waals surface area (Å²) in [5.41, 5.74) is -0.981. The lowest BCUT2D eigenvalue weighted by Gasteiger charge is -2.25. The maximum absolute atomic E-state index is 13.2. The normalized spacial score (nSPS) is 15.3. The van der Waals surface area contributed by atoms with Gasteiger partial charge in [-0.2, -0.15) is 0 Å². The van der Waals surface area contributed by atoms with E-state index in [9.17, 15) is 4.39 Å². The molecule has 0 saturated carbocycles. The molecular formula is C9H19F. The maximum Gasteiger partial charge on any atom is 0.108 e. The minimum absolute atomic E-state index is 0.248. The second-order valence-electron chi connectivity index (χ2n) is 3.46. The monoisotopic (exact) mass is 146 g/mol. The van der Waals surface area contributed by atoms with E-state index in [0.29, 0.717) is 0 Å². The first kappa shape index (κ1) is 9.93. The van der Waals surface area contributed by atoms with E-state index in [1.165, 1.54) is 0 Å². The highest BCUT2D eigenvalue weighted by Crippen LogP contribution is 2.27. The predicted molar refractivity (Wildman–Crippen MR) is 43.9 cm³/mol. The molecule has 0 aliphatic carbocycles. The third-order valence-corrected chi connectivity index (χ3v) is 2.10. The Bertz CT molecular complexity index is 81.2. The number of rotatable bonds is 4. The molecule has 0 radical (unpaired) electrons. The van der Waals surface area contributed by atoms with E-state index in [2.05, 4.69) is 13.8 Å². The number of alkyl halides is 1. The average molecular weight is 146 g/mol. The molecular weight excluding hydrogens is 127 g/mol. The molecule has 0 heterocycles. The van der Waals surface area contributed by atoms with Crippen LogP contribution in [0.3, 0.4) is 0 Å². The van der Waals surface area contributed by atoms with Crippen molar-refractivity contribution in [3.05, 3.63) is 0 Å². The molecule has 0 saturated heterocycles. The molecule has 0 aromatic heterocycles. The highest BCUT2D eigenvalue weighted by molar-refractivity contribution is 4.75. The van der Waals surface area contributed by atoms with Crippen molar-refractivity contribution < 1.29 is 4.39 Å². The zero-order valence-corrected chi connectivity index (χ0v) is 7.58. The van der Waals surface area contributed by atoms with Crippen LogP contribution in [0, 0.1) is 5.92 Å². The molecule has 0 spiro atoms. The van der Waals surface area contributed by atoms with Gasteiger partial charge in [0.2, 0.25) is 0 Å². The molecule has 1 atom stereocenters. The van der Waals surface area contributed by atoms with Crippen LogP contribution in [-0.4, -0.2) is 5.67 Å². The maximum atomic E-state index is 13.2. The summed E-state index contributed by atoms with van der Waals surface area (Å²) in [5.74, 6) is 0.248. The van der Waals surface area contributed by atoms with Gasteiger partial charge in [0.25, 0.3) is 0 Å². The Morgan fingerprint density at radius 2 is 1.80 bits per heavy atom. The molecule has 0 N–H and O–H groups in total. The van der Waals surface area contributed by atoms with Crippen LogP contribution >= 0.6 is 0 Å². The zero-order chi connectivity index (χ0) is 8.20. The van der Waals surface area contributed by atoms with Crippen LogP contribution in [0.1, 0.15) is 47.0 Å².